The molecular formula is C16H12Cl2N4O2. The van der Waals surface area contributed by atoms with Gasteiger partial charge in [0, 0.05) is 11.8 Å². The zero-order valence-corrected chi connectivity index (χ0v) is 14.0. The number of amides is 1. The van der Waals surface area contributed by atoms with E-state index in [9.17, 15) is 4.79 Å². The summed E-state index contributed by atoms with van der Waals surface area (Å²) < 4.78 is 5.16. The molecule has 0 bridgehead atoms. The van der Waals surface area contributed by atoms with Crippen molar-refractivity contribution in [3.8, 4) is 11.3 Å². The second-order valence-electron chi connectivity index (χ2n) is 4.85. The Morgan fingerprint density at radius 1 is 1.12 bits per heavy atom. The van der Waals surface area contributed by atoms with Gasteiger partial charge in [-0.3, -0.25) is 15.6 Å². The molecule has 0 radical (unpaired) electrons. The van der Waals surface area contributed by atoms with Crippen LogP contribution in [-0.2, 0) is 0 Å². The number of aryl methyl sites for hydroxylation is 1. The van der Waals surface area contributed by atoms with Gasteiger partial charge < -0.3 is 4.52 Å². The molecule has 24 heavy (non-hydrogen) atoms. The average molecular weight is 363 g/mol. The molecule has 3 rings (SSSR count). The van der Waals surface area contributed by atoms with Gasteiger partial charge in [-0.1, -0.05) is 40.5 Å². The van der Waals surface area contributed by atoms with Gasteiger partial charge in [-0.05, 0) is 31.2 Å². The molecule has 0 saturated heterocycles. The van der Waals surface area contributed by atoms with E-state index in [1.165, 1.54) is 0 Å². The Morgan fingerprint density at radius 3 is 2.54 bits per heavy atom. The summed E-state index contributed by atoms with van der Waals surface area (Å²) in [5.74, 6) is 0.406. The number of hydrogen-bond donors (Lipinski definition) is 2. The van der Waals surface area contributed by atoms with Crippen molar-refractivity contribution in [2.45, 2.75) is 6.92 Å². The smallest absolute Gasteiger partial charge is 0.275 e. The summed E-state index contributed by atoms with van der Waals surface area (Å²) in [7, 11) is 0. The summed E-state index contributed by atoms with van der Waals surface area (Å²) in [5, 5.41) is 4.69. The van der Waals surface area contributed by atoms with Crippen LogP contribution in [0.1, 0.15) is 16.1 Å². The van der Waals surface area contributed by atoms with E-state index in [4.69, 9.17) is 27.7 Å². The van der Waals surface area contributed by atoms with Crippen LogP contribution in [0, 0.1) is 6.92 Å². The number of carbonyl (C=O) groups is 1. The molecule has 0 aliphatic heterocycles. The van der Waals surface area contributed by atoms with E-state index in [0.717, 1.165) is 0 Å². The number of halogens is 2. The van der Waals surface area contributed by atoms with Gasteiger partial charge in [0.25, 0.3) is 5.91 Å². The largest absolute Gasteiger partial charge is 0.360 e. The number of pyridine rings is 1. The lowest BCUT2D eigenvalue weighted by molar-refractivity contribution is 0.0961. The Morgan fingerprint density at radius 2 is 1.88 bits per heavy atom. The van der Waals surface area contributed by atoms with Gasteiger partial charge in [0.2, 0.25) is 0 Å². The number of nitrogens with zero attached hydrogens (tertiary/aromatic N) is 2. The summed E-state index contributed by atoms with van der Waals surface area (Å²) in [5.41, 5.74) is 6.25. The van der Waals surface area contributed by atoms with Crippen molar-refractivity contribution in [1.82, 2.24) is 15.6 Å². The van der Waals surface area contributed by atoms with Crippen molar-refractivity contribution in [2.75, 3.05) is 5.43 Å². The zero-order valence-electron chi connectivity index (χ0n) is 12.5. The number of hydrazine groups is 1. The first kappa shape index (κ1) is 16.3. The standard InChI is InChI=1S/C16H12Cl2N4O2/c1-9-13(16(23)21-20-12-7-2-3-8-19-12)15(22-24-9)14-10(17)5-4-6-11(14)18/h2-8H,1H3,(H,19,20)(H,21,23). The van der Waals surface area contributed by atoms with Crippen LogP contribution in [0.25, 0.3) is 11.3 Å². The van der Waals surface area contributed by atoms with Crippen LogP contribution in [0.15, 0.2) is 47.1 Å². The highest BCUT2D eigenvalue weighted by Crippen LogP contribution is 2.36. The molecule has 3 aromatic rings. The van der Waals surface area contributed by atoms with Crippen molar-refractivity contribution in [3.63, 3.8) is 0 Å². The van der Waals surface area contributed by atoms with Gasteiger partial charge >= 0.3 is 0 Å². The summed E-state index contributed by atoms with van der Waals surface area (Å²) in [4.78, 5) is 16.6. The molecule has 0 aliphatic carbocycles. The van der Waals surface area contributed by atoms with Gasteiger partial charge in [-0.25, -0.2) is 4.98 Å². The first-order chi connectivity index (χ1) is 11.6. The topological polar surface area (TPSA) is 80.0 Å². The zero-order chi connectivity index (χ0) is 17.1. The maximum atomic E-state index is 12.5. The minimum Gasteiger partial charge on any atom is -0.360 e. The lowest BCUT2D eigenvalue weighted by Gasteiger charge is -2.09. The van der Waals surface area contributed by atoms with Crippen LogP contribution in [0.3, 0.4) is 0 Å². The van der Waals surface area contributed by atoms with Crippen molar-refractivity contribution < 1.29 is 9.32 Å². The maximum absolute atomic E-state index is 12.5. The Bertz CT molecular complexity index is 861. The third kappa shape index (κ3) is 3.20. The molecule has 2 heterocycles. The Labute approximate surface area is 147 Å². The summed E-state index contributed by atoms with van der Waals surface area (Å²) in [6, 6.07) is 10.3. The number of aromatic nitrogens is 2. The number of hydrogen-bond acceptors (Lipinski definition) is 5. The molecule has 2 aromatic heterocycles. The van der Waals surface area contributed by atoms with Crippen LogP contribution in [0.2, 0.25) is 10.0 Å². The average Bonchev–Trinajstić information content (AvgIpc) is 2.95. The molecule has 0 saturated carbocycles. The van der Waals surface area contributed by atoms with Crippen LogP contribution < -0.4 is 10.9 Å². The van der Waals surface area contributed by atoms with Crippen LogP contribution in [-0.4, -0.2) is 16.0 Å². The first-order valence-electron chi connectivity index (χ1n) is 6.96. The number of rotatable bonds is 4. The SMILES string of the molecule is Cc1onc(-c2c(Cl)cccc2Cl)c1C(=O)NNc1ccccn1. The summed E-state index contributed by atoms with van der Waals surface area (Å²) >= 11 is 12.4. The van der Waals surface area contributed by atoms with Crippen molar-refractivity contribution >= 4 is 34.9 Å². The highest BCUT2D eigenvalue weighted by Gasteiger charge is 2.24. The molecule has 0 aliphatic rings. The molecule has 0 spiro atoms. The van der Waals surface area contributed by atoms with Crippen molar-refractivity contribution in [1.29, 1.82) is 0 Å². The summed E-state index contributed by atoms with van der Waals surface area (Å²) in [6.45, 7) is 1.64. The van der Waals surface area contributed by atoms with E-state index in [1.54, 1.807) is 49.5 Å². The van der Waals surface area contributed by atoms with E-state index in [1.807, 2.05) is 0 Å². The van der Waals surface area contributed by atoms with E-state index in [2.05, 4.69) is 21.0 Å². The lowest BCUT2D eigenvalue weighted by Crippen LogP contribution is -2.30. The van der Waals surface area contributed by atoms with Crippen molar-refractivity contribution in [2.24, 2.45) is 0 Å². The lowest BCUT2D eigenvalue weighted by atomic mass is 10.1. The minimum absolute atomic E-state index is 0.244. The van der Waals surface area contributed by atoms with Crippen LogP contribution in [0.5, 0.6) is 0 Å². The Hall–Kier alpha value is -2.57. The Kier molecular flexibility index (Phi) is 4.69. The van der Waals surface area contributed by atoms with Gasteiger partial charge in [0.1, 0.15) is 22.8 Å². The van der Waals surface area contributed by atoms with Gasteiger partial charge in [0.05, 0.1) is 10.0 Å². The van der Waals surface area contributed by atoms with Crippen LogP contribution in [0.4, 0.5) is 5.82 Å². The number of carbonyl (C=O) groups excluding carboxylic acids is 1. The molecule has 122 valence electrons. The second-order valence-corrected chi connectivity index (χ2v) is 5.67. The fraction of sp³-hybridized carbons (Fsp3) is 0.0625. The predicted octanol–water partition coefficient (Wildman–Crippen LogP) is 4.11. The second kappa shape index (κ2) is 6.90. The third-order valence-electron chi connectivity index (χ3n) is 3.26. The minimum atomic E-state index is -0.439. The van der Waals surface area contributed by atoms with E-state index >= 15 is 0 Å². The van der Waals surface area contributed by atoms with Gasteiger partial charge in [-0.15, -0.1) is 0 Å². The number of anilines is 1. The molecule has 0 atom stereocenters. The molecule has 6 nitrogen and oxygen atoms in total. The summed E-state index contributed by atoms with van der Waals surface area (Å²) in [6.07, 6.45) is 1.61. The normalized spacial score (nSPS) is 10.5. The number of nitrogens with one attached hydrogen (secondary N) is 2. The predicted molar refractivity (Wildman–Crippen MR) is 92.0 cm³/mol. The third-order valence-corrected chi connectivity index (χ3v) is 3.89. The fourth-order valence-electron chi connectivity index (χ4n) is 2.15. The van der Waals surface area contributed by atoms with E-state index in [0.29, 0.717) is 27.2 Å². The molecular weight excluding hydrogens is 351 g/mol. The molecule has 1 amide bonds. The van der Waals surface area contributed by atoms with Crippen molar-refractivity contribution in [3.05, 3.63) is 64.0 Å². The fourth-order valence-corrected chi connectivity index (χ4v) is 2.73. The first-order valence-corrected chi connectivity index (χ1v) is 7.71. The monoisotopic (exact) mass is 362 g/mol. The van der Waals surface area contributed by atoms with E-state index < -0.39 is 5.91 Å². The highest BCUT2D eigenvalue weighted by molar-refractivity contribution is 6.39. The molecule has 0 fully saturated rings. The van der Waals surface area contributed by atoms with Crippen LogP contribution >= 0.6 is 23.2 Å². The molecule has 1 aromatic carbocycles. The Balaban J connectivity index is 1.91. The molecule has 0 unspecified atom stereocenters. The molecule has 2 N–H and O–H groups in total. The van der Waals surface area contributed by atoms with Gasteiger partial charge in [0.15, 0.2) is 0 Å². The van der Waals surface area contributed by atoms with Gasteiger partial charge in [-0.2, -0.15) is 0 Å². The van der Waals surface area contributed by atoms with E-state index in [-0.39, 0.29) is 11.3 Å². The highest BCUT2D eigenvalue weighted by atomic mass is 35.5. The maximum Gasteiger partial charge on any atom is 0.275 e. The quantitative estimate of drug-likeness (QED) is 0.682. The number of benzene rings is 1. The molecule has 8 heteroatoms.